The third kappa shape index (κ3) is 2.57. The molecule has 0 unspecified atom stereocenters. The van der Waals surface area contributed by atoms with Crippen LogP contribution in [0.1, 0.15) is 6.42 Å². The second kappa shape index (κ2) is 6.31. The van der Waals surface area contributed by atoms with Crippen LogP contribution < -0.4 is 4.90 Å². The Hall–Kier alpha value is -2.93. The van der Waals surface area contributed by atoms with Gasteiger partial charge in [0.05, 0.1) is 22.4 Å². The van der Waals surface area contributed by atoms with Crippen LogP contribution in [0, 0.1) is 33.8 Å². The van der Waals surface area contributed by atoms with Crippen molar-refractivity contribution in [3.05, 3.63) is 70.8 Å². The van der Waals surface area contributed by atoms with Crippen molar-refractivity contribution < 1.29 is 14.5 Å². The van der Waals surface area contributed by atoms with Gasteiger partial charge < -0.3 is 0 Å². The van der Waals surface area contributed by atoms with Crippen LogP contribution in [0.5, 0.6) is 0 Å². The summed E-state index contributed by atoms with van der Waals surface area (Å²) in [7, 11) is 0. The number of non-ortho nitro benzene ring substituents is 1. The molecule has 0 N–H and O–H groups in total. The van der Waals surface area contributed by atoms with Crippen LogP contribution in [-0.2, 0) is 9.59 Å². The van der Waals surface area contributed by atoms with Crippen LogP contribution >= 0.6 is 11.8 Å². The molecule has 7 heteroatoms. The van der Waals surface area contributed by atoms with Gasteiger partial charge in [-0.1, -0.05) is 23.9 Å². The highest BCUT2D eigenvalue weighted by molar-refractivity contribution is 7.99. The summed E-state index contributed by atoms with van der Waals surface area (Å²) in [5.41, 5.74) is 0.664. The topological polar surface area (TPSA) is 80.5 Å². The number of hydrogen-bond donors (Lipinski definition) is 0. The molecular formula is C21H16N2O4S. The van der Waals surface area contributed by atoms with Gasteiger partial charge in [0.15, 0.2) is 0 Å². The van der Waals surface area contributed by atoms with Crippen molar-refractivity contribution in [2.75, 3.05) is 4.90 Å². The van der Waals surface area contributed by atoms with Crippen LogP contribution in [0.2, 0.25) is 0 Å². The molecular weight excluding hydrogens is 376 g/mol. The first-order chi connectivity index (χ1) is 13.5. The van der Waals surface area contributed by atoms with Gasteiger partial charge in [-0.2, -0.15) is 0 Å². The second-order valence-corrected chi connectivity index (χ2v) is 8.51. The summed E-state index contributed by atoms with van der Waals surface area (Å²) in [6.07, 6.45) is 5.10. The number of allylic oxidation sites excluding steroid dienone is 2. The van der Waals surface area contributed by atoms with Crippen molar-refractivity contribution in [1.82, 2.24) is 0 Å². The van der Waals surface area contributed by atoms with Gasteiger partial charge in [0.2, 0.25) is 11.8 Å². The first-order valence-electron chi connectivity index (χ1n) is 9.11. The molecule has 2 fully saturated rings. The number of amides is 2. The fourth-order valence-electron chi connectivity index (χ4n) is 4.59. The number of imide groups is 1. The monoisotopic (exact) mass is 392 g/mol. The molecule has 2 aliphatic carbocycles. The van der Waals surface area contributed by atoms with Gasteiger partial charge in [-0.15, -0.1) is 0 Å². The Bertz CT molecular complexity index is 986. The number of hydrogen-bond acceptors (Lipinski definition) is 5. The van der Waals surface area contributed by atoms with Gasteiger partial charge >= 0.3 is 0 Å². The lowest BCUT2D eigenvalue weighted by Crippen LogP contribution is -2.32. The highest BCUT2D eigenvalue weighted by Crippen LogP contribution is 2.53. The summed E-state index contributed by atoms with van der Waals surface area (Å²) in [4.78, 5) is 39.2. The van der Waals surface area contributed by atoms with E-state index < -0.39 is 4.92 Å². The van der Waals surface area contributed by atoms with E-state index in [1.54, 1.807) is 24.3 Å². The predicted octanol–water partition coefficient (Wildman–Crippen LogP) is 4.06. The maximum Gasteiger partial charge on any atom is 0.269 e. The highest BCUT2D eigenvalue weighted by atomic mass is 32.2. The molecule has 2 aromatic rings. The first kappa shape index (κ1) is 17.2. The smallest absolute Gasteiger partial charge is 0.269 e. The molecule has 0 aromatic heterocycles. The fraction of sp³-hybridized carbons (Fsp3) is 0.238. The Kier molecular flexibility index (Phi) is 3.87. The van der Waals surface area contributed by atoms with Gasteiger partial charge in [-0.25, -0.2) is 0 Å². The molecule has 6 nitrogen and oxygen atoms in total. The average Bonchev–Trinajstić information content (AvgIpc) is 3.37. The molecule has 1 heterocycles. The zero-order chi connectivity index (χ0) is 19.4. The third-order valence-electron chi connectivity index (χ3n) is 5.85. The van der Waals surface area contributed by atoms with Crippen molar-refractivity contribution in [3.8, 4) is 0 Å². The minimum Gasteiger partial charge on any atom is -0.274 e. The van der Waals surface area contributed by atoms with Crippen LogP contribution in [0.15, 0.2) is 70.5 Å². The fourth-order valence-corrected chi connectivity index (χ4v) is 5.41. The number of carbonyl (C=O) groups is 2. The van der Waals surface area contributed by atoms with Gasteiger partial charge in [-0.3, -0.25) is 24.6 Å². The maximum absolute atomic E-state index is 12.9. The van der Waals surface area contributed by atoms with E-state index in [9.17, 15) is 19.7 Å². The Morgan fingerprint density at radius 3 is 1.86 bits per heavy atom. The molecule has 4 atom stereocenters. The summed E-state index contributed by atoms with van der Waals surface area (Å²) in [6.45, 7) is 0. The van der Waals surface area contributed by atoms with E-state index in [2.05, 4.69) is 12.2 Å². The lowest BCUT2D eigenvalue weighted by molar-refractivity contribution is -0.384. The quantitative estimate of drug-likeness (QED) is 0.339. The Morgan fingerprint density at radius 2 is 1.36 bits per heavy atom. The molecule has 2 aromatic carbocycles. The van der Waals surface area contributed by atoms with Crippen LogP contribution in [0.4, 0.5) is 11.4 Å². The van der Waals surface area contributed by atoms with Crippen LogP contribution in [-0.4, -0.2) is 16.7 Å². The van der Waals surface area contributed by atoms with Crippen molar-refractivity contribution in [1.29, 1.82) is 0 Å². The lowest BCUT2D eigenvalue weighted by Gasteiger charge is -2.17. The normalized spacial score (nSPS) is 27.5. The zero-order valence-electron chi connectivity index (χ0n) is 14.7. The van der Waals surface area contributed by atoms with E-state index in [0.29, 0.717) is 5.69 Å². The molecule has 140 valence electrons. The largest absolute Gasteiger partial charge is 0.274 e. The van der Waals surface area contributed by atoms with E-state index in [1.807, 2.05) is 12.1 Å². The predicted molar refractivity (Wildman–Crippen MR) is 104 cm³/mol. The molecule has 2 amide bonds. The van der Waals surface area contributed by atoms with Crippen molar-refractivity contribution >= 4 is 35.0 Å². The molecule has 1 saturated heterocycles. The molecule has 2 bridgehead atoms. The van der Waals surface area contributed by atoms with E-state index >= 15 is 0 Å². The number of rotatable bonds is 4. The van der Waals surface area contributed by atoms with E-state index in [4.69, 9.17) is 0 Å². The summed E-state index contributed by atoms with van der Waals surface area (Å²) in [6, 6.07) is 13.7. The Balaban J connectivity index is 1.34. The molecule has 0 spiro atoms. The summed E-state index contributed by atoms with van der Waals surface area (Å²) in [5.74, 6) is -0.152. The van der Waals surface area contributed by atoms with Gasteiger partial charge in [0.1, 0.15) is 0 Å². The van der Waals surface area contributed by atoms with Crippen LogP contribution in [0.3, 0.4) is 0 Å². The number of nitro groups is 1. The number of anilines is 1. The maximum atomic E-state index is 12.9. The number of carbonyl (C=O) groups excluding carboxylic acids is 2. The molecule has 0 radical (unpaired) electrons. The van der Waals surface area contributed by atoms with Crippen molar-refractivity contribution in [2.45, 2.75) is 16.2 Å². The summed E-state index contributed by atoms with van der Waals surface area (Å²) < 4.78 is 0. The SMILES string of the molecule is O=C1[C@@H]2[C@H](C(=O)N1c1ccc(Sc3ccc([N+](=O)[O-])cc3)cc1)[C@@H]1C=C[C@@H]2C1. The molecule has 28 heavy (non-hydrogen) atoms. The molecule has 5 rings (SSSR count). The zero-order valence-corrected chi connectivity index (χ0v) is 15.5. The molecule has 3 aliphatic rings. The number of fused-ring (bicyclic) bond motifs is 5. The summed E-state index contributed by atoms with van der Waals surface area (Å²) in [5, 5.41) is 10.7. The number of nitro benzene ring substituents is 1. The van der Waals surface area contributed by atoms with Crippen LogP contribution in [0.25, 0.3) is 0 Å². The van der Waals surface area contributed by atoms with Crippen molar-refractivity contribution in [2.24, 2.45) is 23.7 Å². The first-order valence-corrected chi connectivity index (χ1v) is 9.93. The Morgan fingerprint density at radius 1 is 0.857 bits per heavy atom. The summed E-state index contributed by atoms with van der Waals surface area (Å²) >= 11 is 1.47. The molecule has 1 saturated carbocycles. The standard InChI is InChI=1S/C21H16N2O4S/c24-20-18-12-1-2-13(11-12)19(18)21(25)22(20)14-3-7-16(8-4-14)28-17-9-5-15(6-10-17)23(26)27/h1-10,12-13,18-19H,11H2/t12-,13-,18-,19+/m1/s1. The highest BCUT2D eigenvalue weighted by Gasteiger charge is 2.59. The van der Waals surface area contributed by atoms with Gasteiger partial charge in [0.25, 0.3) is 5.69 Å². The van der Waals surface area contributed by atoms with E-state index in [1.165, 1.54) is 28.8 Å². The Labute approximate surface area is 165 Å². The second-order valence-electron chi connectivity index (χ2n) is 7.36. The van der Waals surface area contributed by atoms with Gasteiger partial charge in [0, 0.05) is 21.9 Å². The average molecular weight is 392 g/mol. The minimum absolute atomic E-state index is 0.0553. The van der Waals surface area contributed by atoms with Gasteiger partial charge in [-0.05, 0) is 54.7 Å². The van der Waals surface area contributed by atoms with E-state index in [0.717, 1.165) is 16.2 Å². The number of benzene rings is 2. The number of nitrogens with zero attached hydrogens (tertiary/aromatic N) is 2. The van der Waals surface area contributed by atoms with E-state index in [-0.39, 0.29) is 41.2 Å². The lowest BCUT2D eigenvalue weighted by atomic mass is 9.85. The molecule has 1 aliphatic heterocycles. The van der Waals surface area contributed by atoms with Crippen molar-refractivity contribution in [3.63, 3.8) is 0 Å². The minimum atomic E-state index is -0.426. The third-order valence-corrected chi connectivity index (χ3v) is 6.86.